The fourth-order valence-corrected chi connectivity index (χ4v) is 2.71. The zero-order valence-corrected chi connectivity index (χ0v) is 10.0. The summed E-state index contributed by atoms with van der Waals surface area (Å²) < 4.78 is 0. The van der Waals surface area contributed by atoms with E-state index in [1.165, 1.54) is 12.8 Å². The number of carbonyl (C=O) groups excluding carboxylic acids is 1. The summed E-state index contributed by atoms with van der Waals surface area (Å²) >= 11 is 0. The second-order valence-electron chi connectivity index (χ2n) is 4.60. The number of halogens is 1. The van der Waals surface area contributed by atoms with E-state index in [0.717, 1.165) is 25.7 Å². The molecule has 2 N–H and O–H groups in total. The van der Waals surface area contributed by atoms with E-state index < -0.39 is 0 Å². The lowest BCUT2D eigenvalue weighted by Gasteiger charge is -2.37. The summed E-state index contributed by atoms with van der Waals surface area (Å²) in [6, 6.07) is 0. The van der Waals surface area contributed by atoms with Gasteiger partial charge in [-0.1, -0.05) is 33.1 Å². The molecule has 1 rings (SSSR count). The van der Waals surface area contributed by atoms with E-state index in [9.17, 15) is 4.79 Å². The van der Waals surface area contributed by atoms with Crippen LogP contribution in [0.15, 0.2) is 0 Å². The van der Waals surface area contributed by atoms with Crippen molar-refractivity contribution in [3.05, 3.63) is 0 Å². The first kappa shape index (κ1) is 13.8. The summed E-state index contributed by atoms with van der Waals surface area (Å²) in [5.74, 6) is 0.605. The summed E-state index contributed by atoms with van der Waals surface area (Å²) in [5.41, 5.74) is 5.35. The molecule has 14 heavy (non-hydrogen) atoms. The zero-order valence-electron chi connectivity index (χ0n) is 9.21. The van der Waals surface area contributed by atoms with Crippen LogP contribution in [0, 0.1) is 11.3 Å². The van der Waals surface area contributed by atoms with Gasteiger partial charge in [0.1, 0.15) is 0 Å². The Hall–Kier alpha value is -0.240. The Morgan fingerprint density at radius 1 is 1.57 bits per heavy atom. The predicted octanol–water partition coefficient (Wildman–Crippen LogP) is 2.89. The van der Waals surface area contributed by atoms with Gasteiger partial charge in [0.25, 0.3) is 0 Å². The van der Waals surface area contributed by atoms with Crippen LogP contribution in [0.2, 0.25) is 0 Å². The van der Waals surface area contributed by atoms with Gasteiger partial charge in [0, 0.05) is 5.41 Å². The van der Waals surface area contributed by atoms with Gasteiger partial charge in [0.15, 0.2) is 0 Å². The van der Waals surface area contributed by atoms with Crippen LogP contribution in [0.3, 0.4) is 0 Å². The fraction of sp³-hybridized carbons (Fsp3) is 0.909. The van der Waals surface area contributed by atoms with Crippen LogP contribution >= 0.6 is 12.4 Å². The highest BCUT2D eigenvalue weighted by atomic mass is 35.5. The van der Waals surface area contributed by atoms with Crippen LogP contribution in [-0.2, 0) is 4.79 Å². The number of amides is 1. The Bertz CT molecular complexity index is 192. The predicted molar refractivity (Wildman–Crippen MR) is 61.4 cm³/mol. The molecule has 84 valence electrons. The van der Waals surface area contributed by atoms with Crippen molar-refractivity contribution in [2.24, 2.45) is 17.1 Å². The molecule has 1 saturated carbocycles. The lowest BCUT2D eigenvalue weighted by atomic mass is 9.67. The SMILES string of the molecule is CCCC1(C(N)=O)CCCC(C)C1.Cl. The normalized spacial score (nSPS) is 32.0. The van der Waals surface area contributed by atoms with Gasteiger partial charge >= 0.3 is 0 Å². The van der Waals surface area contributed by atoms with E-state index in [4.69, 9.17) is 5.73 Å². The summed E-state index contributed by atoms with van der Waals surface area (Å²) in [6.07, 6.45) is 6.50. The van der Waals surface area contributed by atoms with Crippen molar-refractivity contribution in [3.63, 3.8) is 0 Å². The molecule has 0 radical (unpaired) electrons. The summed E-state index contributed by atoms with van der Waals surface area (Å²) in [6.45, 7) is 4.36. The number of primary amides is 1. The smallest absolute Gasteiger partial charge is 0.223 e. The van der Waals surface area contributed by atoms with E-state index in [1.54, 1.807) is 0 Å². The molecular formula is C11H22ClNO. The maximum Gasteiger partial charge on any atom is 0.223 e. The minimum atomic E-state index is -0.160. The molecule has 2 atom stereocenters. The minimum Gasteiger partial charge on any atom is -0.369 e. The molecule has 3 heteroatoms. The van der Waals surface area contributed by atoms with Crippen LogP contribution in [-0.4, -0.2) is 5.91 Å². The van der Waals surface area contributed by atoms with Crippen molar-refractivity contribution in [2.75, 3.05) is 0 Å². The first-order chi connectivity index (χ1) is 6.10. The van der Waals surface area contributed by atoms with Crippen molar-refractivity contribution in [1.82, 2.24) is 0 Å². The Balaban J connectivity index is 0.00000169. The summed E-state index contributed by atoms with van der Waals surface area (Å²) in [4.78, 5) is 11.4. The molecule has 1 aliphatic carbocycles. The topological polar surface area (TPSA) is 43.1 Å². The standard InChI is InChI=1S/C11H21NO.ClH/c1-3-6-11(10(12)13)7-4-5-9(2)8-11;/h9H,3-8H2,1-2H3,(H2,12,13);1H. The van der Waals surface area contributed by atoms with Crippen molar-refractivity contribution in [3.8, 4) is 0 Å². The highest BCUT2D eigenvalue weighted by Crippen LogP contribution is 2.42. The Labute approximate surface area is 93.0 Å². The Morgan fingerprint density at radius 2 is 2.21 bits per heavy atom. The van der Waals surface area contributed by atoms with E-state index >= 15 is 0 Å². The first-order valence-corrected chi connectivity index (χ1v) is 5.40. The maximum absolute atomic E-state index is 11.4. The third-order valence-corrected chi connectivity index (χ3v) is 3.34. The van der Waals surface area contributed by atoms with Crippen molar-refractivity contribution >= 4 is 18.3 Å². The molecule has 1 fully saturated rings. The summed E-state index contributed by atoms with van der Waals surface area (Å²) in [7, 11) is 0. The molecule has 0 bridgehead atoms. The second kappa shape index (κ2) is 5.59. The number of nitrogens with two attached hydrogens (primary N) is 1. The second-order valence-corrected chi connectivity index (χ2v) is 4.60. The molecule has 2 unspecified atom stereocenters. The van der Waals surface area contributed by atoms with E-state index in [1.807, 2.05) is 0 Å². The molecule has 0 heterocycles. The van der Waals surface area contributed by atoms with Gasteiger partial charge in [-0.2, -0.15) is 0 Å². The Kier molecular flexibility index (Phi) is 5.50. The van der Waals surface area contributed by atoms with Crippen LogP contribution in [0.1, 0.15) is 52.4 Å². The monoisotopic (exact) mass is 219 g/mol. The largest absolute Gasteiger partial charge is 0.369 e. The number of hydrogen-bond donors (Lipinski definition) is 1. The molecule has 0 aliphatic heterocycles. The van der Waals surface area contributed by atoms with E-state index in [0.29, 0.717) is 5.92 Å². The van der Waals surface area contributed by atoms with Crippen molar-refractivity contribution in [2.45, 2.75) is 52.4 Å². The number of rotatable bonds is 3. The minimum absolute atomic E-state index is 0. The molecule has 0 saturated heterocycles. The molecule has 0 aromatic rings. The van der Waals surface area contributed by atoms with Crippen LogP contribution in [0.25, 0.3) is 0 Å². The van der Waals surface area contributed by atoms with E-state index in [-0.39, 0.29) is 23.7 Å². The average molecular weight is 220 g/mol. The van der Waals surface area contributed by atoms with Gasteiger partial charge in [-0.05, 0) is 25.2 Å². The lowest BCUT2D eigenvalue weighted by Crippen LogP contribution is -2.40. The van der Waals surface area contributed by atoms with Gasteiger partial charge < -0.3 is 5.73 Å². The number of carbonyl (C=O) groups is 1. The van der Waals surface area contributed by atoms with Gasteiger partial charge in [0.2, 0.25) is 5.91 Å². The molecule has 2 nitrogen and oxygen atoms in total. The Morgan fingerprint density at radius 3 is 2.64 bits per heavy atom. The van der Waals surface area contributed by atoms with Crippen molar-refractivity contribution < 1.29 is 4.79 Å². The third-order valence-electron chi connectivity index (χ3n) is 3.34. The van der Waals surface area contributed by atoms with Crippen LogP contribution in [0.4, 0.5) is 0 Å². The highest BCUT2D eigenvalue weighted by molar-refractivity contribution is 5.85. The van der Waals surface area contributed by atoms with Crippen LogP contribution < -0.4 is 5.73 Å². The van der Waals surface area contributed by atoms with Gasteiger partial charge in [-0.3, -0.25) is 4.79 Å². The van der Waals surface area contributed by atoms with Crippen LogP contribution in [0.5, 0.6) is 0 Å². The van der Waals surface area contributed by atoms with Gasteiger partial charge in [-0.15, -0.1) is 12.4 Å². The lowest BCUT2D eigenvalue weighted by molar-refractivity contribution is -0.131. The highest BCUT2D eigenvalue weighted by Gasteiger charge is 2.38. The fourth-order valence-electron chi connectivity index (χ4n) is 2.71. The molecule has 0 aromatic carbocycles. The third kappa shape index (κ3) is 2.88. The summed E-state index contributed by atoms with van der Waals surface area (Å²) in [5, 5.41) is 0. The van der Waals surface area contributed by atoms with E-state index in [2.05, 4.69) is 13.8 Å². The molecule has 1 aliphatic rings. The van der Waals surface area contributed by atoms with Crippen molar-refractivity contribution in [1.29, 1.82) is 0 Å². The molecule has 1 amide bonds. The number of hydrogen-bond acceptors (Lipinski definition) is 1. The molecule has 0 aromatic heterocycles. The average Bonchev–Trinajstić information content (AvgIpc) is 2.04. The quantitative estimate of drug-likeness (QED) is 0.780. The maximum atomic E-state index is 11.4. The molecule has 0 spiro atoms. The zero-order chi connectivity index (χ0) is 9.90. The molecular weight excluding hydrogens is 198 g/mol. The van der Waals surface area contributed by atoms with Gasteiger partial charge in [-0.25, -0.2) is 0 Å². The first-order valence-electron chi connectivity index (χ1n) is 5.40. The van der Waals surface area contributed by atoms with Gasteiger partial charge in [0.05, 0.1) is 0 Å².